The highest BCUT2D eigenvalue weighted by molar-refractivity contribution is 9.10. The van der Waals surface area contributed by atoms with Gasteiger partial charge in [-0.1, -0.05) is 0 Å². The standard InChI is InChI=1S/C12H8BrFN2S/c13-10-3-4-17-12(10)7-16-9-2-1-8(6-15)11(14)5-9/h1-5,16H,7H2. The molecule has 5 heteroatoms. The van der Waals surface area contributed by atoms with Crippen LogP contribution in [0, 0.1) is 17.1 Å². The van der Waals surface area contributed by atoms with Gasteiger partial charge in [0.15, 0.2) is 0 Å². The van der Waals surface area contributed by atoms with E-state index in [1.807, 2.05) is 11.4 Å². The number of halogens is 2. The minimum atomic E-state index is -0.497. The Morgan fingerprint density at radius 1 is 1.41 bits per heavy atom. The molecule has 86 valence electrons. The largest absolute Gasteiger partial charge is 0.380 e. The lowest BCUT2D eigenvalue weighted by molar-refractivity contribution is 0.624. The highest BCUT2D eigenvalue weighted by Crippen LogP contribution is 2.24. The van der Waals surface area contributed by atoms with Crippen LogP contribution in [0.15, 0.2) is 34.1 Å². The number of nitriles is 1. The zero-order valence-corrected chi connectivity index (χ0v) is 11.1. The van der Waals surface area contributed by atoms with E-state index < -0.39 is 5.82 Å². The average molecular weight is 311 g/mol. The molecule has 0 aliphatic rings. The first-order valence-corrected chi connectivity index (χ1v) is 6.53. The summed E-state index contributed by atoms with van der Waals surface area (Å²) < 4.78 is 14.4. The fourth-order valence-electron chi connectivity index (χ4n) is 1.35. The fourth-order valence-corrected chi connectivity index (χ4v) is 2.78. The van der Waals surface area contributed by atoms with E-state index in [4.69, 9.17) is 5.26 Å². The summed E-state index contributed by atoms with van der Waals surface area (Å²) >= 11 is 5.06. The number of hydrogen-bond donors (Lipinski definition) is 1. The van der Waals surface area contributed by atoms with Crippen LogP contribution in [0.1, 0.15) is 10.4 Å². The molecule has 1 aromatic carbocycles. The second-order valence-corrected chi connectivity index (χ2v) is 5.21. The van der Waals surface area contributed by atoms with Gasteiger partial charge in [0.05, 0.1) is 12.1 Å². The molecule has 17 heavy (non-hydrogen) atoms. The van der Waals surface area contributed by atoms with E-state index >= 15 is 0 Å². The Morgan fingerprint density at radius 2 is 2.24 bits per heavy atom. The maximum Gasteiger partial charge on any atom is 0.143 e. The third-order valence-electron chi connectivity index (χ3n) is 2.23. The lowest BCUT2D eigenvalue weighted by Crippen LogP contribution is -1.98. The minimum absolute atomic E-state index is 0.0628. The van der Waals surface area contributed by atoms with Gasteiger partial charge in [-0.2, -0.15) is 5.26 Å². The first kappa shape index (κ1) is 12.1. The molecule has 0 aliphatic heterocycles. The third-order valence-corrected chi connectivity index (χ3v) is 4.16. The Kier molecular flexibility index (Phi) is 3.77. The molecule has 0 fully saturated rings. The van der Waals surface area contributed by atoms with Crippen LogP contribution < -0.4 is 5.32 Å². The van der Waals surface area contributed by atoms with Crippen molar-refractivity contribution >= 4 is 33.0 Å². The molecule has 0 bridgehead atoms. The third kappa shape index (κ3) is 2.84. The van der Waals surface area contributed by atoms with Crippen LogP contribution in [0.2, 0.25) is 0 Å². The van der Waals surface area contributed by atoms with Crippen LogP contribution in [-0.4, -0.2) is 0 Å². The molecule has 0 amide bonds. The van der Waals surface area contributed by atoms with Crippen molar-refractivity contribution in [3.8, 4) is 6.07 Å². The van der Waals surface area contributed by atoms with Crippen molar-refractivity contribution in [1.82, 2.24) is 0 Å². The van der Waals surface area contributed by atoms with Crippen LogP contribution in [-0.2, 0) is 6.54 Å². The molecule has 1 heterocycles. The first-order chi connectivity index (χ1) is 8.20. The Bertz CT molecular complexity index is 574. The maximum absolute atomic E-state index is 13.3. The second kappa shape index (κ2) is 5.30. The SMILES string of the molecule is N#Cc1ccc(NCc2sccc2Br)cc1F. The van der Waals surface area contributed by atoms with Gasteiger partial charge in [0.25, 0.3) is 0 Å². The zero-order valence-electron chi connectivity index (χ0n) is 8.71. The van der Waals surface area contributed by atoms with Crippen LogP contribution >= 0.6 is 27.3 Å². The molecule has 1 N–H and O–H groups in total. The number of nitrogens with one attached hydrogen (secondary N) is 1. The highest BCUT2D eigenvalue weighted by Gasteiger charge is 2.04. The topological polar surface area (TPSA) is 35.8 Å². The average Bonchev–Trinajstić information content (AvgIpc) is 2.72. The van der Waals surface area contributed by atoms with E-state index in [0.717, 1.165) is 9.35 Å². The number of anilines is 1. The molecule has 0 spiro atoms. The molecule has 0 radical (unpaired) electrons. The lowest BCUT2D eigenvalue weighted by atomic mass is 10.2. The lowest BCUT2D eigenvalue weighted by Gasteiger charge is -2.05. The summed E-state index contributed by atoms with van der Waals surface area (Å²) in [6.07, 6.45) is 0. The van der Waals surface area contributed by atoms with Gasteiger partial charge in [-0.3, -0.25) is 0 Å². The van der Waals surface area contributed by atoms with E-state index in [1.165, 1.54) is 12.1 Å². The van der Waals surface area contributed by atoms with Gasteiger partial charge < -0.3 is 5.32 Å². The molecule has 0 saturated heterocycles. The molecule has 2 rings (SSSR count). The molecule has 0 saturated carbocycles. The van der Waals surface area contributed by atoms with Crippen LogP contribution in [0.3, 0.4) is 0 Å². The van der Waals surface area contributed by atoms with Gasteiger partial charge >= 0.3 is 0 Å². The predicted octanol–water partition coefficient (Wildman–Crippen LogP) is 4.13. The summed E-state index contributed by atoms with van der Waals surface area (Å²) in [6, 6.07) is 8.27. The Hall–Kier alpha value is -1.38. The quantitative estimate of drug-likeness (QED) is 0.925. The van der Waals surface area contributed by atoms with Gasteiger partial charge in [-0.25, -0.2) is 4.39 Å². The fraction of sp³-hybridized carbons (Fsp3) is 0.0833. The van der Waals surface area contributed by atoms with Crippen molar-refractivity contribution < 1.29 is 4.39 Å². The summed E-state index contributed by atoms with van der Waals surface area (Å²) in [5, 5.41) is 13.7. The van der Waals surface area contributed by atoms with Gasteiger partial charge in [0, 0.05) is 15.0 Å². The first-order valence-electron chi connectivity index (χ1n) is 4.86. The number of thiophene rings is 1. The summed E-state index contributed by atoms with van der Waals surface area (Å²) in [5.74, 6) is -0.497. The summed E-state index contributed by atoms with van der Waals surface area (Å²) in [7, 11) is 0. The van der Waals surface area contributed by atoms with Crippen molar-refractivity contribution in [2.45, 2.75) is 6.54 Å². The summed E-state index contributed by atoms with van der Waals surface area (Å²) in [4.78, 5) is 1.15. The van der Waals surface area contributed by atoms with Crippen LogP contribution in [0.25, 0.3) is 0 Å². The Balaban J connectivity index is 2.08. The van der Waals surface area contributed by atoms with Gasteiger partial charge in [-0.05, 0) is 45.6 Å². The Labute approximate surface area is 111 Å². The normalized spacial score (nSPS) is 9.94. The van der Waals surface area contributed by atoms with E-state index in [-0.39, 0.29) is 5.56 Å². The summed E-state index contributed by atoms with van der Waals surface area (Å²) in [5.41, 5.74) is 0.731. The maximum atomic E-state index is 13.3. The molecule has 2 aromatic rings. The van der Waals surface area contributed by atoms with E-state index in [0.29, 0.717) is 12.2 Å². The monoisotopic (exact) mass is 310 g/mol. The van der Waals surface area contributed by atoms with E-state index in [2.05, 4.69) is 21.2 Å². The van der Waals surface area contributed by atoms with E-state index in [9.17, 15) is 4.39 Å². The summed E-state index contributed by atoms with van der Waals surface area (Å²) in [6.45, 7) is 0.629. The van der Waals surface area contributed by atoms with Crippen molar-refractivity contribution in [2.75, 3.05) is 5.32 Å². The molecule has 0 aliphatic carbocycles. The number of rotatable bonds is 3. The van der Waals surface area contributed by atoms with Gasteiger partial charge in [-0.15, -0.1) is 11.3 Å². The molecular formula is C12H8BrFN2S. The van der Waals surface area contributed by atoms with E-state index in [1.54, 1.807) is 23.5 Å². The molecule has 1 aromatic heterocycles. The smallest absolute Gasteiger partial charge is 0.143 e. The molecule has 2 nitrogen and oxygen atoms in total. The molecule has 0 unspecified atom stereocenters. The van der Waals surface area contributed by atoms with Crippen molar-refractivity contribution in [3.63, 3.8) is 0 Å². The van der Waals surface area contributed by atoms with Crippen LogP contribution in [0.5, 0.6) is 0 Å². The van der Waals surface area contributed by atoms with Gasteiger partial charge in [0.2, 0.25) is 0 Å². The van der Waals surface area contributed by atoms with Crippen molar-refractivity contribution in [1.29, 1.82) is 5.26 Å². The molecule has 0 atom stereocenters. The minimum Gasteiger partial charge on any atom is -0.380 e. The molecular weight excluding hydrogens is 303 g/mol. The Morgan fingerprint density at radius 3 is 2.82 bits per heavy atom. The van der Waals surface area contributed by atoms with Crippen LogP contribution in [0.4, 0.5) is 10.1 Å². The predicted molar refractivity (Wildman–Crippen MR) is 70.5 cm³/mol. The van der Waals surface area contributed by atoms with Gasteiger partial charge in [0.1, 0.15) is 11.9 Å². The highest BCUT2D eigenvalue weighted by atomic mass is 79.9. The zero-order chi connectivity index (χ0) is 12.3. The van der Waals surface area contributed by atoms with Crippen molar-refractivity contribution in [2.24, 2.45) is 0 Å². The number of benzene rings is 1. The number of hydrogen-bond acceptors (Lipinski definition) is 3. The van der Waals surface area contributed by atoms with Crippen molar-refractivity contribution in [3.05, 3.63) is 50.4 Å². The second-order valence-electron chi connectivity index (χ2n) is 3.35. The number of nitrogens with zero attached hydrogens (tertiary/aromatic N) is 1.